The zero-order valence-corrected chi connectivity index (χ0v) is 39.6. The second-order valence-corrected chi connectivity index (χ2v) is 65.0. The molecule has 0 aromatic carbocycles. The van der Waals surface area contributed by atoms with Crippen LogP contribution in [0, 0.1) is 0 Å². The first-order valence-electron chi connectivity index (χ1n) is 16.7. The summed E-state index contributed by atoms with van der Waals surface area (Å²) in [4.78, 5) is 3.30. The van der Waals surface area contributed by atoms with Crippen molar-refractivity contribution in [1.29, 1.82) is 0 Å². The zero-order valence-electron chi connectivity index (χ0n) is 31.5. The molecule has 0 amide bonds. The molecular formula is C32H78GeSi6. The van der Waals surface area contributed by atoms with Gasteiger partial charge in [-0.3, -0.25) is 0 Å². The summed E-state index contributed by atoms with van der Waals surface area (Å²) in [6.45, 7) is 57.4. The van der Waals surface area contributed by atoms with Crippen molar-refractivity contribution in [2.24, 2.45) is 0 Å². The summed E-state index contributed by atoms with van der Waals surface area (Å²) in [5, 5.41) is 0. The normalized spacial score (nSPS) is 14.5. The van der Waals surface area contributed by atoms with Gasteiger partial charge in [-0.25, -0.2) is 0 Å². The van der Waals surface area contributed by atoms with Crippen LogP contribution in [0.2, 0.25) is 93.4 Å². The van der Waals surface area contributed by atoms with Gasteiger partial charge in [0.15, 0.2) is 0 Å². The van der Waals surface area contributed by atoms with Crippen LogP contribution >= 0.6 is 0 Å². The molecule has 39 heavy (non-hydrogen) atoms. The van der Waals surface area contributed by atoms with Crippen molar-refractivity contribution in [2.45, 2.75) is 204 Å². The summed E-state index contributed by atoms with van der Waals surface area (Å²) in [5.74, 6) is 0. The standard InChI is InChI=1S/C24H56Si4.C8H22GeSi2/c1-17(2)25(18(3)4)27(21(9)10,22(11)12)28(23(13)14,24(15)16)26(19(5)6)20(7)8;1-10(2,3)7-9-8-11(4,5)6/h17-24H,1-16H3;7-8H2,1-6H3. The van der Waals surface area contributed by atoms with Crippen LogP contribution in [0.5, 0.6) is 0 Å². The van der Waals surface area contributed by atoms with Gasteiger partial charge >= 0.3 is 80.6 Å². The third-order valence-electron chi connectivity index (χ3n) is 9.08. The minimum atomic E-state index is -1.51. The molecule has 0 atom stereocenters. The van der Waals surface area contributed by atoms with Gasteiger partial charge in [-0.2, -0.15) is 0 Å². The fraction of sp³-hybridized carbons (Fsp3) is 1.00. The molecule has 0 fully saturated rings. The first-order valence-corrected chi connectivity index (χ1v) is 37.7. The van der Waals surface area contributed by atoms with Gasteiger partial charge in [-0.05, 0) is 0 Å². The molecule has 0 N–H and O–H groups in total. The third kappa shape index (κ3) is 11.4. The van der Waals surface area contributed by atoms with Gasteiger partial charge in [-0.15, -0.1) is 0 Å². The molecule has 0 aliphatic carbocycles. The Hall–Kier alpha value is 1.84. The average Bonchev–Trinajstić information content (AvgIpc) is 2.66. The van der Waals surface area contributed by atoms with Crippen molar-refractivity contribution in [2.75, 3.05) is 0 Å². The van der Waals surface area contributed by atoms with Gasteiger partial charge in [0.25, 0.3) is 0 Å². The Kier molecular flexibility index (Phi) is 19.1. The van der Waals surface area contributed by atoms with E-state index in [1.165, 1.54) is 0 Å². The molecule has 234 valence electrons. The van der Waals surface area contributed by atoms with Crippen molar-refractivity contribution >= 4 is 62.4 Å². The van der Waals surface area contributed by atoms with Crippen LogP contribution in [0.1, 0.15) is 111 Å². The van der Waals surface area contributed by atoms with Crippen molar-refractivity contribution in [3.8, 4) is 0 Å². The van der Waals surface area contributed by atoms with E-state index in [1.54, 1.807) is 9.75 Å². The molecule has 4 radical (unpaired) electrons. The Bertz CT molecular complexity index is 569. The van der Waals surface area contributed by atoms with E-state index in [0.29, 0.717) is 15.4 Å². The summed E-state index contributed by atoms with van der Waals surface area (Å²) in [6.07, 6.45) is 0. The van der Waals surface area contributed by atoms with Gasteiger partial charge in [0.1, 0.15) is 0 Å². The predicted octanol–water partition coefficient (Wildman–Crippen LogP) is 12.7. The molecule has 0 unspecified atom stereocenters. The molecule has 0 aromatic rings. The van der Waals surface area contributed by atoms with Gasteiger partial charge in [0.2, 0.25) is 0 Å². The van der Waals surface area contributed by atoms with E-state index in [0.717, 1.165) is 44.3 Å². The molecule has 0 saturated heterocycles. The van der Waals surface area contributed by atoms with E-state index < -0.39 is 47.0 Å². The molecule has 0 rings (SSSR count). The van der Waals surface area contributed by atoms with E-state index in [-0.39, 0.29) is 0 Å². The van der Waals surface area contributed by atoms with Crippen molar-refractivity contribution in [3.05, 3.63) is 0 Å². The number of hydrogen-bond acceptors (Lipinski definition) is 0. The molecule has 0 aliphatic heterocycles. The van der Waals surface area contributed by atoms with Crippen molar-refractivity contribution in [1.82, 2.24) is 0 Å². The summed E-state index contributed by atoms with van der Waals surface area (Å²) < 4.78 is 0. The first kappa shape index (κ1) is 43.0. The van der Waals surface area contributed by atoms with E-state index >= 15 is 0 Å². The van der Waals surface area contributed by atoms with Crippen LogP contribution in [0.3, 0.4) is 0 Å². The van der Waals surface area contributed by atoms with Crippen LogP contribution in [-0.4, -0.2) is 62.4 Å². The average molecular weight is 704 g/mol. The van der Waals surface area contributed by atoms with Gasteiger partial charge in [0, 0.05) is 30.8 Å². The Labute approximate surface area is 265 Å². The maximum absolute atomic E-state index is 2.69. The molecule has 7 heteroatoms. The van der Waals surface area contributed by atoms with Crippen molar-refractivity contribution in [3.63, 3.8) is 0 Å². The topological polar surface area (TPSA) is 0 Å². The molecule has 0 nitrogen and oxygen atoms in total. The second kappa shape index (κ2) is 17.4. The molecular weight excluding hydrogens is 625 g/mol. The monoisotopic (exact) mass is 704 g/mol. The third-order valence-corrected chi connectivity index (χ3v) is 89.3. The Balaban J connectivity index is 0. The molecule has 0 spiro atoms. The SMILES string of the molecule is CC(C)[Si](C(C)C)[Si](C(C)C)(C(C)C)[Si](C(C)C)(C(C)C)[Si](C(C)C)C(C)C.C[Si](C)(C)[CH2][Ge][CH2][Si](C)(C)C. The van der Waals surface area contributed by atoms with Crippen LogP contribution in [0.25, 0.3) is 0 Å². The van der Waals surface area contributed by atoms with Crippen molar-refractivity contribution < 1.29 is 0 Å². The van der Waals surface area contributed by atoms with Gasteiger partial charge in [-0.1, -0.05) is 155 Å². The van der Waals surface area contributed by atoms with Crippen LogP contribution in [0.4, 0.5) is 0 Å². The Morgan fingerprint density at radius 3 is 0.667 bits per heavy atom. The Morgan fingerprint density at radius 1 is 0.385 bits per heavy atom. The predicted molar refractivity (Wildman–Crippen MR) is 206 cm³/mol. The maximum atomic E-state index is 2.69. The van der Waals surface area contributed by atoms with E-state index in [2.05, 4.69) is 150 Å². The molecule has 0 bridgehead atoms. The minimum absolute atomic E-state index is 0.405. The second-order valence-electron chi connectivity index (χ2n) is 17.6. The van der Waals surface area contributed by atoms with Gasteiger partial charge in [0.05, 0.1) is 0 Å². The molecule has 0 aliphatic rings. The Morgan fingerprint density at radius 2 is 0.564 bits per heavy atom. The van der Waals surface area contributed by atoms with Crippen LogP contribution in [-0.2, 0) is 0 Å². The fourth-order valence-corrected chi connectivity index (χ4v) is 110. The number of hydrogen-bond donors (Lipinski definition) is 0. The molecule has 0 aromatic heterocycles. The summed E-state index contributed by atoms with van der Waals surface area (Å²) in [6, 6.07) is 0. The van der Waals surface area contributed by atoms with E-state index in [9.17, 15) is 0 Å². The molecule has 0 heterocycles. The number of rotatable bonds is 15. The van der Waals surface area contributed by atoms with E-state index in [4.69, 9.17) is 0 Å². The van der Waals surface area contributed by atoms with Crippen LogP contribution in [0.15, 0.2) is 0 Å². The molecule has 0 saturated carbocycles. The fourth-order valence-electron chi connectivity index (χ4n) is 9.11. The summed E-state index contributed by atoms with van der Waals surface area (Å²) in [7, 11) is -5.20. The quantitative estimate of drug-likeness (QED) is 0.149. The van der Waals surface area contributed by atoms with Crippen LogP contribution < -0.4 is 0 Å². The zero-order chi connectivity index (χ0) is 31.9. The van der Waals surface area contributed by atoms with Gasteiger partial charge < -0.3 is 0 Å². The summed E-state index contributed by atoms with van der Waals surface area (Å²) >= 11 is 0.443. The summed E-state index contributed by atoms with van der Waals surface area (Å²) in [5.41, 5.74) is 7.37. The first-order chi connectivity index (χ1) is 17.3. The van der Waals surface area contributed by atoms with E-state index in [1.807, 2.05) is 0 Å².